The highest BCUT2D eigenvalue weighted by Gasteiger charge is 2.20. The number of carbonyl (C=O) groups is 1. The summed E-state index contributed by atoms with van der Waals surface area (Å²) in [7, 11) is 1.62. The molecular weight excluding hydrogens is 232 g/mol. The Balaban J connectivity index is 2.70. The Morgan fingerprint density at radius 1 is 1.29 bits per heavy atom. The van der Waals surface area contributed by atoms with Crippen LogP contribution >= 0.6 is 11.8 Å². The molecule has 1 rings (SSSR count). The maximum absolute atomic E-state index is 11.2. The Labute approximate surface area is 107 Å². The summed E-state index contributed by atoms with van der Waals surface area (Å²) in [5, 5.41) is 5.40. The van der Waals surface area contributed by atoms with E-state index in [1.54, 1.807) is 18.8 Å². The van der Waals surface area contributed by atoms with Crippen LogP contribution in [0.2, 0.25) is 0 Å². The number of rotatable bonds is 4. The van der Waals surface area contributed by atoms with Crippen LogP contribution in [0.15, 0.2) is 29.2 Å². The molecular formula is C13H20N2OS. The molecule has 0 saturated heterocycles. The lowest BCUT2D eigenvalue weighted by Gasteiger charge is -2.25. The second-order valence-electron chi connectivity index (χ2n) is 4.55. The minimum atomic E-state index is -0.140. The maximum atomic E-state index is 11.2. The third-order valence-electron chi connectivity index (χ3n) is 2.79. The average Bonchev–Trinajstić information content (AvgIpc) is 2.36. The molecule has 2 N–H and O–H groups in total. The number of carbonyl (C=O) groups excluding carboxylic acids is 1. The SMILES string of the molecule is CNC(=O)NCC(C)(C)c1ccc(SC)cc1. The van der Waals surface area contributed by atoms with Crippen molar-refractivity contribution < 1.29 is 4.79 Å². The summed E-state index contributed by atoms with van der Waals surface area (Å²) >= 11 is 1.73. The van der Waals surface area contributed by atoms with Crippen LogP contribution in [-0.2, 0) is 5.41 Å². The van der Waals surface area contributed by atoms with Gasteiger partial charge in [-0.25, -0.2) is 4.79 Å². The molecule has 0 aliphatic carbocycles. The highest BCUT2D eigenvalue weighted by molar-refractivity contribution is 7.98. The van der Waals surface area contributed by atoms with Crippen molar-refractivity contribution in [2.75, 3.05) is 19.8 Å². The normalized spacial score (nSPS) is 11.1. The Morgan fingerprint density at radius 2 is 1.88 bits per heavy atom. The number of hydrogen-bond acceptors (Lipinski definition) is 2. The fourth-order valence-electron chi connectivity index (χ4n) is 1.53. The van der Waals surface area contributed by atoms with Crippen molar-refractivity contribution in [2.45, 2.75) is 24.2 Å². The van der Waals surface area contributed by atoms with E-state index >= 15 is 0 Å². The van der Waals surface area contributed by atoms with E-state index in [2.05, 4.69) is 55.0 Å². The molecule has 0 spiro atoms. The number of nitrogens with one attached hydrogen (secondary N) is 2. The van der Waals surface area contributed by atoms with Gasteiger partial charge in [0.1, 0.15) is 0 Å². The summed E-state index contributed by atoms with van der Waals surface area (Å²) < 4.78 is 0. The first-order valence-electron chi connectivity index (χ1n) is 5.59. The zero-order chi connectivity index (χ0) is 12.9. The summed E-state index contributed by atoms with van der Waals surface area (Å²) in [5.74, 6) is 0. The first kappa shape index (κ1) is 13.9. The van der Waals surface area contributed by atoms with Crippen LogP contribution < -0.4 is 10.6 Å². The largest absolute Gasteiger partial charge is 0.341 e. The lowest BCUT2D eigenvalue weighted by molar-refractivity contribution is 0.240. The summed E-state index contributed by atoms with van der Waals surface area (Å²) in [6, 6.07) is 8.33. The van der Waals surface area contributed by atoms with Crippen LogP contribution in [0.4, 0.5) is 4.79 Å². The Morgan fingerprint density at radius 3 is 2.35 bits per heavy atom. The summed E-state index contributed by atoms with van der Waals surface area (Å²) in [6.45, 7) is 4.86. The second-order valence-corrected chi connectivity index (χ2v) is 5.42. The topological polar surface area (TPSA) is 41.1 Å². The van der Waals surface area contributed by atoms with E-state index in [-0.39, 0.29) is 11.4 Å². The molecule has 0 radical (unpaired) electrons. The summed E-state index contributed by atoms with van der Waals surface area (Å²) in [4.78, 5) is 12.4. The molecule has 0 bridgehead atoms. The van der Waals surface area contributed by atoms with Gasteiger partial charge in [0.05, 0.1) is 0 Å². The maximum Gasteiger partial charge on any atom is 0.314 e. The van der Waals surface area contributed by atoms with Crippen molar-refractivity contribution in [3.63, 3.8) is 0 Å². The molecule has 0 unspecified atom stereocenters. The monoisotopic (exact) mass is 252 g/mol. The van der Waals surface area contributed by atoms with Gasteiger partial charge < -0.3 is 10.6 Å². The van der Waals surface area contributed by atoms with Crippen molar-refractivity contribution in [1.29, 1.82) is 0 Å². The van der Waals surface area contributed by atoms with Crippen molar-refractivity contribution in [1.82, 2.24) is 10.6 Å². The highest BCUT2D eigenvalue weighted by Crippen LogP contribution is 2.24. The van der Waals surface area contributed by atoms with Gasteiger partial charge in [-0.2, -0.15) is 0 Å². The number of hydrogen-bond donors (Lipinski definition) is 2. The molecule has 17 heavy (non-hydrogen) atoms. The second kappa shape index (κ2) is 5.96. The van der Waals surface area contributed by atoms with Gasteiger partial charge in [0.15, 0.2) is 0 Å². The predicted octanol–water partition coefficient (Wildman–Crippen LogP) is 2.62. The van der Waals surface area contributed by atoms with Crippen LogP contribution in [-0.4, -0.2) is 25.9 Å². The minimum absolute atomic E-state index is 0.0660. The molecule has 1 aromatic carbocycles. The van der Waals surface area contributed by atoms with Gasteiger partial charge in [0, 0.05) is 23.9 Å². The first-order valence-corrected chi connectivity index (χ1v) is 6.82. The van der Waals surface area contributed by atoms with Crippen LogP contribution in [0.25, 0.3) is 0 Å². The fourth-order valence-corrected chi connectivity index (χ4v) is 1.94. The zero-order valence-electron chi connectivity index (χ0n) is 10.8. The van der Waals surface area contributed by atoms with Gasteiger partial charge in [0.25, 0.3) is 0 Å². The quantitative estimate of drug-likeness (QED) is 0.809. The molecule has 0 aliphatic heterocycles. The number of amides is 2. The van der Waals surface area contributed by atoms with Crippen LogP contribution in [0.5, 0.6) is 0 Å². The van der Waals surface area contributed by atoms with Gasteiger partial charge in [0.2, 0.25) is 0 Å². The molecule has 94 valence electrons. The molecule has 1 aromatic rings. The van der Waals surface area contributed by atoms with Crippen molar-refractivity contribution in [3.8, 4) is 0 Å². The molecule has 0 aliphatic rings. The van der Waals surface area contributed by atoms with E-state index in [1.807, 2.05) is 0 Å². The van der Waals surface area contributed by atoms with E-state index < -0.39 is 0 Å². The van der Waals surface area contributed by atoms with E-state index in [1.165, 1.54) is 10.5 Å². The molecule has 0 heterocycles. The molecule has 3 nitrogen and oxygen atoms in total. The van der Waals surface area contributed by atoms with Crippen LogP contribution in [0.1, 0.15) is 19.4 Å². The molecule has 0 atom stereocenters. The minimum Gasteiger partial charge on any atom is -0.341 e. The van der Waals surface area contributed by atoms with Crippen molar-refractivity contribution in [2.24, 2.45) is 0 Å². The van der Waals surface area contributed by atoms with E-state index in [0.29, 0.717) is 6.54 Å². The molecule has 0 saturated carbocycles. The van der Waals surface area contributed by atoms with Gasteiger partial charge in [-0.15, -0.1) is 11.8 Å². The highest BCUT2D eigenvalue weighted by atomic mass is 32.2. The Kier molecular flexibility index (Phi) is 4.87. The Hall–Kier alpha value is -1.16. The molecule has 0 aromatic heterocycles. The number of benzene rings is 1. The lowest BCUT2D eigenvalue weighted by Crippen LogP contribution is -2.40. The Bertz CT molecular complexity index is 374. The summed E-state index contributed by atoms with van der Waals surface area (Å²) in [6.07, 6.45) is 2.06. The molecule has 2 amide bonds. The number of urea groups is 1. The lowest BCUT2D eigenvalue weighted by atomic mass is 9.85. The predicted molar refractivity (Wildman–Crippen MR) is 73.7 cm³/mol. The van der Waals surface area contributed by atoms with Gasteiger partial charge in [-0.1, -0.05) is 26.0 Å². The van der Waals surface area contributed by atoms with Crippen LogP contribution in [0, 0.1) is 0 Å². The molecule has 4 heteroatoms. The zero-order valence-corrected chi connectivity index (χ0v) is 11.6. The van der Waals surface area contributed by atoms with Gasteiger partial charge >= 0.3 is 6.03 Å². The van der Waals surface area contributed by atoms with E-state index in [4.69, 9.17) is 0 Å². The third kappa shape index (κ3) is 3.97. The van der Waals surface area contributed by atoms with Gasteiger partial charge in [-0.3, -0.25) is 0 Å². The van der Waals surface area contributed by atoms with Crippen molar-refractivity contribution in [3.05, 3.63) is 29.8 Å². The standard InChI is InChI=1S/C13H20N2OS/c1-13(2,9-15-12(16)14-3)10-5-7-11(17-4)8-6-10/h5-8H,9H2,1-4H3,(H2,14,15,16). The van der Waals surface area contributed by atoms with Gasteiger partial charge in [-0.05, 0) is 24.0 Å². The van der Waals surface area contributed by atoms with Crippen LogP contribution in [0.3, 0.4) is 0 Å². The molecule has 0 fully saturated rings. The van der Waals surface area contributed by atoms with E-state index in [9.17, 15) is 4.79 Å². The first-order chi connectivity index (χ1) is 7.99. The number of thioether (sulfide) groups is 1. The third-order valence-corrected chi connectivity index (χ3v) is 3.53. The average molecular weight is 252 g/mol. The smallest absolute Gasteiger partial charge is 0.314 e. The fraction of sp³-hybridized carbons (Fsp3) is 0.462. The van der Waals surface area contributed by atoms with E-state index in [0.717, 1.165) is 0 Å². The summed E-state index contributed by atoms with van der Waals surface area (Å²) in [5.41, 5.74) is 1.16. The van der Waals surface area contributed by atoms with Crippen molar-refractivity contribution >= 4 is 17.8 Å².